The van der Waals surface area contributed by atoms with Crippen molar-refractivity contribution in [2.24, 2.45) is 0 Å². The summed E-state index contributed by atoms with van der Waals surface area (Å²) < 4.78 is 14.6. The summed E-state index contributed by atoms with van der Waals surface area (Å²) in [6.45, 7) is 5.11. The summed E-state index contributed by atoms with van der Waals surface area (Å²) in [6.07, 6.45) is 4.10. The van der Waals surface area contributed by atoms with E-state index < -0.39 is 11.9 Å². The average molecular weight is 499 g/mol. The number of likely N-dealkylation sites (N-methyl/N-ethyl adjacent to an activating group) is 1. The number of pyridine rings is 2. The molecule has 3 aromatic rings. The zero-order valence-corrected chi connectivity index (χ0v) is 20.4. The van der Waals surface area contributed by atoms with Gasteiger partial charge in [0.15, 0.2) is 0 Å². The van der Waals surface area contributed by atoms with Crippen molar-refractivity contribution in [3.05, 3.63) is 65.3 Å². The van der Waals surface area contributed by atoms with Crippen LogP contribution in [0.5, 0.6) is 0 Å². The second-order valence-electron chi connectivity index (χ2n) is 8.61. The third-order valence-corrected chi connectivity index (χ3v) is 6.06. The number of hydrogen-bond acceptors (Lipinski definition) is 7. The van der Waals surface area contributed by atoms with Crippen LogP contribution in [0.2, 0.25) is 5.02 Å². The molecule has 2 aromatic heterocycles. The maximum Gasteiger partial charge on any atom is 0.255 e. The second-order valence-corrected chi connectivity index (χ2v) is 9.04. The summed E-state index contributed by atoms with van der Waals surface area (Å²) >= 11 is 6.12. The fourth-order valence-corrected chi connectivity index (χ4v) is 4.03. The van der Waals surface area contributed by atoms with Gasteiger partial charge in [-0.25, -0.2) is 4.39 Å². The van der Waals surface area contributed by atoms with Gasteiger partial charge in [0.1, 0.15) is 5.82 Å². The van der Waals surface area contributed by atoms with E-state index in [-0.39, 0.29) is 18.0 Å². The van der Waals surface area contributed by atoms with E-state index >= 15 is 0 Å². The molecular weight excluding hydrogens is 471 g/mol. The number of nitrogens with zero attached hydrogens (tertiary/aromatic N) is 4. The van der Waals surface area contributed by atoms with E-state index in [2.05, 4.69) is 37.4 Å². The van der Waals surface area contributed by atoms with E-state index in [1.54, 1.807) is 37.5 Å². The number of carbonyl (C=O) groups excluding carboxylic acids is 1. The van der Waals surface area contributed by atoms with E-state index in [9.17, 15) is 14.3 Å². The Kier molecular flexibility index (Phi) is 7.80. The zero-order valence-electron chi connectivity index (χ0n) is 19.6. The van der Waals surface area contributed by atoms with Crippen molar-refractivity contribution in [3.8, 4) is 11.3 Å². The highest BCUT2D eigenvalue weighted by Gasteiger charge is 2.21. The van der Waals surface area contributed by atoms with Gasteiger partial charge in [0.25, 0.3) is 5.91 Å². The molecule has 0 aliphatic carbocycles. The van der Waals surface area contributed by atoms with Crippen LogP contribution in [0.4, 0.5) is 21.5 Å². The molecule has 1 atom stereocenters. The smallest absolute Gasteiger partial charge is 0.255 e. The van der Waals surface area contributed by atoms with Crippen LogP contribution in [0.25, 0.3) is 11.3 Å². The molecule has 0 bridgehead atoms. The molecule has 1 fully saturated rings. The quantitative estimate of drug-likeness (QED) is 0.458. The monoisotopic (exact) mass is 498 g/mol. The minimum absolute atomic E-state index is 0.118. The number of carbonyl (C=O) groups is 1. The number of hydrogen-bond donors (Lipinski definition) is 3. The van der Waals surface area contributed by atoms with Gasteiger partial charge in [-0.05, 0) is 44.3 Å². The number of nitrogens with one attached hydrogen (secondary N) is 2. The first-order valence-electron chi connectivity index (χ1n) is 11.4. The minimum Gasteiger partial charge on any atom is -0.392 e. The Labute approximate surface area is 208 Å². The van der Waals surface area contributed by atoms with Crippen molar-refractivity contribution < 1.29 is 14.3 Å². The summed E-state index contributed by atoms with van der Waals surface area (Å²) in [5.41, 5.74) is 3.08. The Morgan fingerprint density at radius 2 is 1.94 bits per heavy atom. The number of halogens is 2. The summed E-state index contributed by atoms with van der Waals surface area (Å²) in [7, 11) is 2.08. The fraction of sp³-hybridized carbons (Fsp3) is 0.320. The lowest BCUT2D eigenvalue weighted by Crippen LogP contribution is -2.44. The average Bonchev–Trinajstić information content (AvgIpc) is 2.85. The normalized spacial score (nSPS) is 15.1. The lowest BCUT2D eigenvalue weighted by molar-refractivity contribution is 0.0924. The number of aliphatic hydroxyl groups is 1. The van der Waals surface area contributed by atoms with Gasteiger partial charge < -0.3 is 25.5 Å². The van der Waals surface area contributed by atoms with Gasteiger partial charge in [0.05, 0.1) is 40.6 Å². The van der Waals surface area contributed by atoms with Crippen LogP contribution < -0.4 is 15.5 Å². The third-order valence-electron chi connectivity index (χ3n) is 5.82. The maximum absolute atomic E-state index is 14.6. The predicted molar refractivity (Wildman–Crippen MR) is 136 cm³/mol. The molecule has 0 radical (unpaired) electrons. The van der Waals surface area contributed by atoms with Crippen molar-refractivity contribution >= 4 is 34.6 Å². The Morgan fingerprint density at radius 1 is 1.17 bits per heavy atom. The van der Waals surface area contributed by atoms with Crippen LogP contribution in [0, 0.1) is 5.82 Å². The number of rotatable bonds is 7. The van der Waals surface area contributed by atoms with Crippen LogP contribution in [0.15, 0.2) is 48.9 Å². The Morgan fingerprint density at radius 3 is 2.69 bits per heavy atom. The highest BCUT2D eigenvalue weighted by molar-refractivity contribution is 6.30. The molecule has 1 saturated heterocycles. The molecule has 3 N–H and O–H groups in total. The molecule has 1 aliphatic heterocycles. The molecule has 8 nitrogen and oxygen atoms in total. The number of aliphatic hydroxyl groups excluding tert-OH is 1. The second kappa shape index (κ2) is 11.0. The summed E-state index contributed by atoms with van der Waals surface area (Å²) in [4.78, 5) is 25.8. The fourth-order valence-electron chi connectivity index (χ4n) is 3.85. The van der Waals surface area contributed by atoms with Crippen LogP contribution in [-0.4, -0.2) is 71.8 Å². The molecule has 0 saturated carbocycles. The number of benzene rings is 1. The van der Waals surface area contributed by atoms with Crippen molar-refractivity contribution in [3.63, 3.8) is 0 Å². The lowest BCUT2D eigenvalue weighted by atomic mass is 10.1. The van der Waals surface area contributed by atoms with Gasteiger partial charge in [-0.2, -0.15) is 0 Å². The van der Waals surface area contributed by atoms with E-state index in [0.717, 1.165) is 31.9 Å². The van der Waals surface area contributed by atoms with E-state index in [1.807, 2.05) is 0 Å². The highest BCUT2D eigenvalue weighted by Crippen LogP contribution is 2.34. The minimum atomic E-state index is -0.675. The van der Waals surface area contributed by atoms with Gasteiger partial charge in [-0.3, -0.25) is 14.8 Å². The first kappa shape index (κ1) is 24.8. The molecule has 0 spiro atoms. The van der Waals surface area contributed by atoms with E-state index in [4.69, 9.17) is 11.6 Å². The number of aromatic nitrogens is 2. The van der Waals surface area contributed by atoms with Gasteiger partial charge in [0.2, 0.25) is 0 Å². The molecule has 10 heteroatoms. The topological polar surface area (TPSA) is 93.6 Å². The highest BCUT2D eigenvalue weighted by atomic mass is 35.5. The van der Waals surface area contributed by atoms with Crippen LogP contribution >= 0.6 is 11.6 Å². The van der Waals surface area contributed by atoms with Crippen molar-refractivity contribution in [2.45, 2.75) is 13.0 Å². The number of anilines is 3. The van der Waals surface area contributed by atoms with Gasteiger partial charge >= 0.3 is 0 Å². The Hall–Kier alpha value is -3.27. The molecule has 184 valence electrons. The summed E-state index contributed by atoms with van der Waals surface area (Å²) in [5, 5.41) is 16.0. The van der Waals surface area contributed by atoms with Crippen molar-refractivity contribution in [2.75, 3.05) is 50.0 Å². The molecule has 1 amide bonds. The lowest BCUT2D eigenvalue weighted by Gasteiger charge is -2.35. The van der Waals surface area contributed by atoms with E-state index in [0.29, 0.717) is 27.7 Å². The SMILES string of the molecule is CC(O)CNC(=O)c1cnccc1Nc1cc(-c2cc(Cl)ccc2F)ncc1N1CCN(C)CC1. The third kappa shape index (κ3) is 6.05. The van der Waals surface area contributed by atoms with E-state index in [1.165, 1.54) is 18.3 Å². The number of amides is 1. The maximum atomic E-state index is 14.6. The molecule has 3 heterocycles. The molecule has 4 rings (SSSR count). The van der Waals surface area contributed by atoms with Crippen LogP contribution in [0.1, 0.15) is 17.3 Å². The van der Waals surface area contributed by atoms with Gasteiger partial charge in [-0.15, -0.1) is 0 Å². The molecular formula is C25H28ClFN6O2. The van der Waals surface area contributed by atoms with Gasteiger partial charge in [-0.1, -0.05) is 11.6 Å². The predicted octanol–water partition coefficient (Wildman–Crippen LogP) is 3.54. The summed E-state index contributed by atoms with van der Waals surface area (Å²) in [5.74, 6) is -0.792. The Balaban J connectivity index is 1.73. The summed E-state index contributed by atoms with van der Waals surface area (Å²) in [6, 6.07) is 7.81. The first-order valence-corrected chi connectivity index (χ1v) is 11.8. The number of piperazine rings is 1. The molecule has 35 heavy (non-hydrogen) atoms. The van der Waals surface area contributed by atoms with Crippen molar-refractivity contribution in [1.29, 1.82) is 0 Å². The molecule has 1 aliphatic rings. The first-order chi connectivity index (χ1) is 16.8. The van der Waals surface area contributed by atoms with Crippen molar-refractivity contribution in [1.82, 2.24) is 20.2 Å². The largest absolute Gasteiger partial charge is 0.392 e. The van der Waals surface area contributed by atoms with Crippen LogP contribution in [-0.2, 0) is 0 Å². The molecule has 1 aromatic carbocycles. The standard InChI is InChI=1S/C25H28ClFN6O2/c1-16(34)13-30-25(35)19-14-28-6-5-21(19)31-23-12-22(18-11-17(26)3-4-20(18)27)29-15-24(23)33-9-7-32(2)8-10-33/h3-6,11-12,14-16,34H,7-10,13H2,1-2H3,(H,30,35)(H,28,29,31). The van der Waals surface area contributed by atoms with Crippen LogP contribution in [0.3, 0.4) is 0 Å². The van der Waals surface area contributed by atoms with Gasteiger partial charge in [0, 0.05) is 55.7 Å². The zero-order chi connectivity index (χ0) is 24.9. The molecule has 1 unspecified atom stereocenters. The Bertz CT molecular complexity index is 1200.